The highest BCUT2D eigenvalue weighted by Gasteiger charge is 2.42. The molecule has 1 aliphatic carbocycles. The Hall–Kier alpha value is -0.680. The van der Waals surface area contributed by atoms with E-state index in [0.717, 1.165) is 55.0 Å². The highest BCUT2D eigenvalue weighted by atomic mass is 79.9. The standard InChI is InChI=1S/C14H20BrN3O/c1-2-3-13-16-12(15)6-14(17-13)18-7-9-4-5-11(19)10(9)8-18/h6,9-11,19H,2-5,7-8H2,1H3. The van der Waals surface area contributed by atoms with Crippen molar-refractivity contribution in [1.29, 1.82) is 0 Å². The van der Waals surface area contributed by atoms with Crippen LogP contribution in [0.25, 0.3) is 0 Å². The number of halogens is 1. The molecule has 0 radical (unpaired) electrons. The van der Waals surface area contributed by atoms with E-state index in [0.29, 0.717) is 11.8 Å². The van der Waals surface area contributed by atoms with Crippen LogP contribution in [0.15, 0.2) is 10.7 Å². The number of fused-ring (bicyclic) bond motifs is 1. The van der Waals surface area contributed by atoms with Crippen LogP contribution in [-0.4, -0.2) is 34.3 Å². The van der Waals surface area contributed by atoms with E-state index in [-0.39, 0.29) is 6.10 Å². The maximum atomic E-state index is 9.99. The molecule has 2 aliphatic rings. The third-order valence-electron chi connectivity index (χ3n) is 4.34. The lowest BCUT2D eigenvalue weighted by Gasteiger charge is -2.20. The van der Waals surface area contributed by atoms with Gasteiger partial charge in [-0.15, -0.1) is 0 Å². The van der Waals surface area contributed by atoms with Gasteiger partial charge >= 0.3 is 0 Å². The average Bonchev–Trinajstić information content (AvgIpc) is 2.92. The zero-order valence-corrected chi connectivity index (χ0v) is 12.8. The van der Waals surface area contributed by atoms with Crippen LogP contribution in [0, 0.1) is 11.8 Å². The van der Waals surface area contributed by atoms with Gasteiger partial charge in [-0.1, -0.05) is 6.92 Å². The summed E-state index contributed by atoms with van der Waals surface area (Å²) in [6.45, 7) is 4.10. The molecule has 19 heavy (non-hydrogen) atoms. The van der Waals surface area contributed by atoms with Crippen LogP contribution in [0.4, 0.5) is 5.82 Å². The molecule has 3 atom stereocenters. The average molecular weight is 326 g/mol. The SMILES string of the molecule is CCCc1nc(Br)cc(N2CC3CCC(O)C3C2)n1. The second-order valence-electron chi connectivity index (χ2n) is 5.69. The number of nitrogens with zero attached hydrogens (tertiary/aromatic N) is 3. The lowest BCUT2D eigenvalue weighted by molar-refractivity contribution is 0.133. The van der Waals surface area contributed by atoms with Crippen LogP contribution in [-0.2, 0) is 6.42 Å². The summed E-state index contributed by atoms with van der Waals surface area (Å²) in [4.78, 5) is 11.4. The van der Waals surface area contributed by atoms with Gasteiger partial charge in [0.1, 0.15) is 16.2 Å². The number of aliphatic hydroxyl groups excluding tert-OH is 1. The van der Waals surface area contributed by atoms with Gasteiger partial charge in [0, 0.05) is 31.5 Å². The summed E-state index contributed by atoms with van der Waals surface area (Å²) < 4.78 is 0.860. The van der Waals surface area contributed by atoms with Crippen molar-refractivity contribution in [2.75, 3.05) is 18.0 Å². The van der Waals surface area contributed by atoms with E-state index < -0.39 is 0 Å². The van der Waals surface area contributed by atoms with Crippen LogP contribution >= 0.6 is 15.9 Å². The maximum Gasteiger partial charge on any atom is 0.133 e. The van der Waals surface area contributed by atoms with E-state index >= 15 is 0 Å². The summed E-state index contributed by atoms with van der Waals surface area (Å²) in [5.41, 5.74) is 0. The number of aromatic nitrogens is 2. The van der Waals surface area contributed by atoms with Crippen molar-refractivity contribution in [3.8, 4) is 0 Å². The molecule has 0 aromatic carbocycles. The Kier molecular flexibility index (Phi) is 3.76. The Morgan fingerprint density at radius 3 is 2.95 bits per heavy atom. The first-order chi connectivity index (χ1) is 9.17. The third-order valence-corrected chi connectivity index (χ3v) is 4.75. The molecule has 0 amide bonds. The van der Waals surface area contributed by atoms with Gasteiger partial charge in [-0.05, 0) is 41.1 Å². The highest BCUT2D eigenvalue weighted by Crippen LogP contribution is 2.39. The Bertz CT molecular complexity index is 468. The summed E-state index contributed by atoms with van der Waals surface area (Å²) in [5.74, 6) is 2.98. The highest BCUT2D eigenvalue weighted by molar-refractivity contribution is 9.10. The van der Waals surface area contributed by atoms with E-state index in [1.807, 2.05) is 6.07 Å². The molecule has 1 N–H and O–H groups in total. The molecule has 2 fully saturated rings. The van der Waals surface area contributed by atoms with Crippen LogP contribution in [0.2, 0.25) is 0 Å². The maximum absolute atomic E-state index is 9.99. The number of hydrogen-bond donors (Lipinski definition) is 1. The molecule has 1 saturated carbocycles. The summed E-state index contributed by atoms with van der Waals surface area (Å²) in [6.07, 6.45) is 3.97. The van der Waals surface area contributed by atoms with Gasteiger partial charge in [0.05, 0.1) is 6.10 Å². The molecule has 1 aromatic heterocycles. The lowest BCUT2D eigenvalue weighted by Crippen LogP contribution is -2.25. The number of rotatable bonds is 3. The largest absolute Gasteiger partial charge is 0.393 e. The van der Waals surface area contributed by atoms with E-state index in [4.69, 9.17) is 0 Å². The van der Waals surface area contributed by atoms with Gasteiger partial charge in [0.25, 0.3) is 0 Å². The van der Waals surface area contributed by atoms with Gasteiger partial charge in [-0.2, -0.15) is 0 Å². The number of anilines is 1. The van der Waals surface area contributed by atoms with Crippen LogP contribution in [0.3, 0.4) is 0 Å². The Morgan fingerprint density at radius 2 is 2.21 bits per heavy atom. The minimum absolute atomic E-state index is 0.115. The summed E-state index contributed by atoms with van der Waals surface area (Å²) in [7, 11) is 0. The van der Waals surface area contributed by atoms with Crippen molar-refractivity contribution < 1.29 is 5.11 Å². The molecule has 3 rings (SSSR count). The van der Waals surface area contributed by atoms with Gasteiger partial charge in [-0.25, -0.2) is 9.97 Å². The first kappa shape index (κ1) is 13.3. The van der Waals surface area contributed by atoms with Crippen molar-refractivity contribution >= 4 is 21.7 Å². The van der Waals surface area contributed by atoms with Crippen molar-refractivity contribution in [2.45, 2.75) is 38.7 Å². The van der Waals surface area contributed by atoms with Gasteiger partial charge in [-0.3, -0.25) is 0 Å². The van der Waals surface area contributed by atoms with E-state index in [1.165, 1.54) is 0 Å². The molecule has 104 valence electrons. The smallest absolute Gasteiger partial charge is 0.133 e. The molecule has 1 aromatic rings. The lowest BCUT2D eigenvalue weighted by atomic mass is 10.00. The second kappa shape index (κ2) is 5.37. The van der Waals surface area contributed by atoms with Gasteiger partial charge in [0.2, 0.25) is 0 Å². The van der Waals surface area contributed by atoms with Crippen molar-refractivity contribution in [1.82, 2.24) is 9.97 Å². The predicted molar refractivity (Wildman–Crippen MR) is 78.2 cm³/mol. The summed E-state index contributed by atoms with van der Waals surface area (Å²) >= 11 is 3.48. The molecule has 2 heterocycles. The molecule has 3 unspecified atom stereocenters. The normalized spacial score (nSPS) is 29.8. The van der Waals surface area contributed by atoms with Crippen LogP contribution in [0.5, 0.6) is 0 Å². The summed E-state index contributed by atoms with van der Waals surface area (Å²) in [6, 6.07) is 1.99. The molecular weight excluding hydrogens is 306 g/mol. The van der Waals surface area contributed by atoms with Gasteiger partial charge < -0.3 is 10.0 Å². The predicted octanol–water partition coefficient (Wildman–Crippen LogP) is 2.40. The van der Waals surface area contributed by atoms with E-state index in [1.54, 1.807) is 0 Å². The Morgan fingerprint density at radius 1 is 1.37 bits per heavy atom. The fourth-order valence-electron chi connectivity index (χ4n) is 3.37. The minimum atomic E-state index is -0.115. The number of hydrogen-bond acceptors (Lipinski definition) is 4. The topological polar surface area (TPSA) is 49.2 Å². The Balaban J connectivity index is 1.79. The van der Waals surface area contributed by atoms with Crippen LogP contribution in [0.1, 0.15) is 32.0 Å². The first-order valence-corrected chi connectivity index (χ1v) is 7.93. The molecular formula is C14H20BrN3O. The minimum Gasteiger partial charge on any atom is -0.393 e. The molecule has 1 saturated heterocycles. The fraction of sp³-hybridized carbons (Fsp3) is 0.714. The monoisotopic (exact) mass is 325 g/mol. The molecule has 4 nitrogen and oxygen atoms in total. The zero-order chi connectivity index (χ0) is 13.4. The van der Waals surface area contributed by atoms with Crippen molar-refractivity contribution in [2.24, 2.45) is 11.8 Å². The fourth-order valence-corrected chi connectivity index (χ4v) is 3.78. The number of aliphatic hydroxyl groups is 1. The van der Waals surface area contributed by atoms with Crippen LogP contribution < -0.4 is 4.90 Å². The zero-order valence-electron chi connectivity index (χ0n) is 11.2. The van der Waals surface area contributed by atoms with Crippen molar-refractivity contribution in [3.05, 3.63) is 16.5 Å². The quantitative estimate of drug-likeness (QED) is 0.867. The first-order valence-electron chi connectivity index (χ1n) is 7.14. The van der Waals surface area contributed by atoms with E-state index in [2.05, 4.69) is 37.7 Å². The summed E-state index contributed by atoms with van der Waals surface area (Å²) in [5, 5.41) is 9.99. The molecule has 5 heteroatoms. The molecule has 1 aliphatic heterocycles. The van der Waals surface area contributed by atoms with Gasteiger partial charge in [0.15, 0.2) is 0 Å². The molecule has 0 bridgehead atoms. The molecule has 0 spiro atoms. The third kappa shape index (κ3) is 2.63. The number of aryl methyl sites for hydroxylation is 1. The second-order valence-corrected chi connectivity index (χ2v) is 6.50. The van der Waals surface area contributed by atoms with Crippen molar-refractivity contribution in [3.63, 3.8) is 0 Å². The Labute approximate surface area is 122 Å². The van der Waals surface area contributed by atoms with E-state index in [9.17, 15) is 5.11 Å².